The van der Waals surface area contributed by atoms with Crippen molar-refractivity contribution in [2.75, 3.05) is 41.0 Å². The van der Waals surface area contributed by atoms with Gasteiger partial charge in [-0.3, -0.25) is 28.8 Å². The first-order valence-electron chi connectivity index (χ1n) is 52.1. The number of rotatable bonds is 17. The molecule has 8 heterocycles. The Labute approximate surface area is 836 Å². The Bertz CT molecular complexity index is 5670. The second kappa shape index (κ2) is 42.8. The topological polar surface area (TPSA) is 362 Å². The number of hydrogen-bond donors (Lipinski definition) is 1. The number of carbonyl (C=O) groups excluding carboxylic acids is 8. The van der Waals surface area contributed by atoms with Crippen LogP contribution in [0.3, 0.4) is 0 Å². The summed E-state index contributed by atoms with van der Waals surface area (Å²) in [6, 6.07) is 13.6. The molecule has 0 unspecified atom stereocenters. The van der Waals surface area contributed by atoms with E-state index in [1.807, 2.05) is 145 Å². The molecule has 6 aliphatic carbocycles. The summed E-state index contributed by atoms with van der Waals surface area (Å²) in [7, 11) is 4.79. The van der Waals surface area contributed by atoms with Crippen molar-refractivity contribution in [2.45, 2.75) is 332 Å². The second-order valence-electron chi connectivity index (χ2n) is 47.4. The van der Waals surface area contributed by atoms with Crippen LogP contribution < -0.4 is 28.4 Å². The van der Waals surface area contributed by atoms with Crippen molar-refractivity contribution in [1.29, 1.82) is 0 Å². The second-order valence-corrected chi connectivity index (χ2v) is 47.4. The average Bonchev–Trinajstić information content (AvgIpc) is 1.60. The Hall–Kier alpha value is -10.8. The van der Waals surface area contributed by atoms with Crippen LogP contribution in [0.25, 0.3) is 39.2 Å². The minimum Gasteiger partial charge on any atom is -0.497 e. The lowest BCUT2D eigenvalue weighted by molar-refractivity contribution is -0.167. The molecular formula is C112H153N9O21. The van der Waals surface area contributed by atoms with Gasteiger partial charge < -0.3 is 71.9 Å². The molecule has 9 fully saturated rings. The van der Waals surface area contributed by atoms with E-state index in [0.29, 0.717) is 123 Å². The van der Waals surface area contributed by atoms with Crippen LogP contribution >= 0.6 is 0 Å². The number of fused-ring (bicyclic) bond motifs is 16. The lowest BCUT2D eigenvalue weighted by Gasteiger charge is -2.35. The zero-order valence-corrected chi connectivity index (χ0v) is 87.4. The predicted molar refractivity (Wildman–Crippen MR) is 535 cm³/mol. The van der Waals surface area contributed by atoms with E-state index in [4.69, 9.17) is 77.0 Å². The average molecular weight is 1960 g/mol. The zero-order valence-electron chi connectivity index (χ0n) is 87.4. The number of ether oxygens (including phenoxy) is 11. The van der Waals surface area contributed by atoms with Crippen LogP contribution in [0.15, 0.2) is 73.8 Å². The van der Waals surface area contributed by atoms with Crippen LogP contribution in [0.4, 0.5) is 0 Å². The lowest BCUT2D eigenvalue weighted by Crippen LogP contribution is -2.50. The number of unbranched alkanes of at least 4 members (excludes halogenated alkanes) is 1. The number of carboxylic acid groups (broad SMARTS) is 1. The van der Waals surface area contributed by atoms with Gasteiger partial charge in [-0.1, -0.05) is 121 Å². The maximum atomic E-state index is 14.6. The molecule has 1 N–H and O–H groups in total. The number of nitrogens with zero attached hydrogens (tertiary/aromatic N) is 9. The summed E-state index contributed by atoms with van der Waals surface area (Å²) in [6.07, 6.45) is 19.9. The van der Waals surface area contributed by atoms with Gasteiger partial charge in [0.2, 0.25) is 35.4 Å². The van der Waals surface area contributed by atoms with Crippen LogP contribution in [0.2, 0.25) is 0 Å². The van der Waals surface area contributed by atoms with Crippen molar-refractivity contribution in [3.63, 3.8) is 0 Å². The van der Waals surface area contributed by atoms with Gasteiger partial charge in [0, 0.05) is 36.0 Å². The maximum absolute atomic E-state index is 14.6. The summed E-state index contributed by atoms with van der Waals surface area (Å²) in [4.78, 5) is 158. The molecule has 11 aliphatic rings. The van der Waals surface area contributed by atoms with Gasteiger partial charge in [0.25, 0.3) is 0 Å². The third-order valence-corrected chi connectivity index (χ3v) is 31.9. The molecule has 30 nitrogen and oxygen atoms in total. The van der Waals surface area contributed by atoms with Crippen molar-refractivity contribution in [2.24, 2.45) is 105 Å². The molecule has 17 rings (SSSR count). The number of allylic oxidation sites excluding steroid dienone is 1. The number of esters is 5. The van der Waals surface area contributed by atoms with Crippen molar-refractivity contribution in [3.8, 4) is 34.9 Å². The highest BCUT2D eigenvalue weighted by atomic mass is 16.6. The molecular weight excluding hydrogens is 1810 g/mol. The number of amides is 3. The van der Waals surface area contributed by atoms with E-state index in [-0.39, 0.29) is 98.7 Å². The third kappa shape index (κ3) is 24.4. The van der Waals surface area contributed by atoms with Crippen LogP contribution in [0.1, 0.15) is 270 Å². The monoisotopic (exact) mass is 1960 g/mol. The summed E-state index contributed by atoms with van der Waals surface area (Å²) in [5.74, 6) is 0.175. The molecule has 0 radical (unpaired) electrons. The van der Waals surface area contributed by atoms with Crippen molar-refractivity contribution >= 4 is 92.7 Å². The molecule has 3 aromatic heterocycles. The van der Waals surface area contributed by atoms with E-state index >= 15 is 0 Å². The number of aliphatic carboxylic acids is 1. The maximum Gasteiger partial charge on any atom is 0.329 e. The molecule has 3 saturated heterocycles. The summed E-state index contributed by atoms with van der Waals surface area (Å²) in [5.41, 5.74) is 2.63. The van der Waals surface area contributed by atoms with E-state index < -0.39 is 117 Å². The Morgan fingerprint density at radius 2 is 0.944 bits per heavy atom. The molecule has 5 aliphatic heterocycles. The van der Waals surface area contributed by atoms with Gasteiger partial charge in [-0.2, -0.15) is 0 Å². The van der Waals surface area contributed by atoms with Crippen LogP contribution in [0.5, 0.6) is 34.9 Å². The summed E-state index contributed by atoms with van der Waals surface area (Å²) in [6.45, 7) is 41.9. The molecule has 30 heteroatoms. The van der Waals surface area contributed by atoms with Gasteiger partial charge in [0.05, 0.1) is 111 Å². The highest BCUT2D eigenvalue weighted by molar-refractivity contribution is 5.92. The molecule has 4 bridgehead atoms. The van der Waals surface area contributed by atoms with E-state index in [9.17, 15) is 48.3 Å². The summed E-state index contributed by atoms with van der Waals surface area (Å²) in [5, 5.41) is 10.3. The molecule has 6 saturated carbocycles. The fraction of sp³-hybridized carbons (Fsp3) is 0.670. The van der Waals surface area contributed by atoms with Crippen molar-refractivity contribution < 1.29 is 100 Å². The smallest absolute Gasteiger partial charge is 0.329 e. The first-order chi connectivity index (χ1) is 67.1. The number of methoxy groups -OCH3 is 3. The number of aromatic nitrogens is 6. The van der Waals surface area contributed by atoms with Crippen LogP contribution in [-0.4, -0.2) is 210 Å². The van der Waals surface area contributed by atoms with E-state index in [2.05, 4.69) is 18.1 Å². The van der Waals surface area contributed by atoms with Gasteiger partial charge in [0.1, 0.15) is 100 Å². The number of likely N-dealkylation sites (tertiary alicyclic amines) is 1. The lowest BCUT2D eigenvalue weighted by atomic mass is 9.77. The molecule has 0 spiro atoms. The van der Waals surface area contributed by atoms with Crippen LogP contribution in [-0.2, 0) is 79.7 Å². The first-order valence-corrected chi connectivity index (χ1v) is 52.1. The highest BCUT2D eigenvalue weighted by Crippen LogP contribution is 2.61. The number of aryl methyl sites for hydroxylation is 2. The molecule has 772 valence electrons. The van der Waals surface area contributed by atoms with E-state index in [1.54, 1.807) is 77.0 Å². The van der Waals surface area contributed by atoms with E-state index in [0.717, 1.165) is 112 Å². The SMILES string of the molecule is C=CCCC[C@H]1[C@@H]2C[C@@H]2C[C@@H]1OC(=O)C[C@H](C(=O)N1C[C@H](Oc2nc3cc(OC)ccc3nc2C=C)[C@@H](C)[C@H]1C(=O)OC(C)(C)C)C(C)(C)C.COc1ccc2nc3c(nc2c1)O[C@H]1CN(C(=O)[C@H](C(C)(C)C)CC(=O)O[C@@H]2C[C@@H]4C[C@@H]4[C@H]2CCCCC3)[C@H](C(=O)O)[C@@H]1C.COc1ccc2nc3c(nc2c1)O[C@H]1CN(C(=O)[C@H](C(C)(C)C)CC(=O)O[C@@H]2C[C@@H]4C[C@@H]4[C@H]2CCCCC3)[C@H](C(=O)OC(C)(C)C)[C@@H]1C. The quantitative estimate of drug-likeness (QED) is 0.0383. The number of hydrogen-bond acceptors (Lipinski definition) is 26. The fourth-order valence-electron chi connectivity index (χ4n) is 23.7. The van der Waals surface area contributed by atoms with Crippen molar-refractivity contribution in [3.05, 3.63) is 90.9 Å². The number of carboxylic acids is 1. The van der Waals surface area contributed by atoms with Gasteiger partial charge in [-0.05, 0) is 250 Å². The largest absolute Gasteiger partial charge is 0.497 e. The van der Waals surface area contributed by atoms with Gasteiger partial charge in [0.15, 0.2) is 0 Å². The third-order valence-electron chi connectivity index (χ3n) is 31.9. The molecule has 24 atom stereocenters. The molecule has 3 aromatic carbocycles. The molecule has 6 aromatic rings. The predicted octanol–water partition coefficient (Wildman–Crippen LogP) is 18.6. The number of benzene rings is 3. The summed E-state index contributed by atoms with van der Waals surface area (Å²) >= 11 is 0. The Kier molecular flexibility index (Phi) is 31.8. The minimum atomic E-state index is -1.10. The normalized spacial score (nSPS) is 30.2. The highest BCUT2D eigenvalue weighted by Gasteiger charge is 2.60. The number of carbonyl (C=O) groups is 9. The Morgan fingerprint density at radius 1 is 0.493 bits per heavy atom. The first kappa shape index (κ1) is 105. The van der Waals surface area contributed by atoms with Crippen molar-refractivity contribution in [1.82, 2.24) is 44.6 Å². The summed E-state index contributed by atoms with van der Waals surface area (Å²) < 4.78 is 66.1. The Morgan fingerprint density at radius 3 is 1.39 bits per heavy atom. The molecule has 3 amide bonds. The minimum absolute atomic E-state index is 0.0412. The Balaban J connectivity index is 0.000000161. The van der Waals surface area contributed by atoms with E-state index in [1.165, 1.54) is 24.2 Å². The van der Waals surface area contributed by atoms with Gasteiger partial charge in [-0.25, -0.2) is 44.3 Å². The van der Waals surface area contributed by atoms with Gasteiger partial charge in [-0.15, -0.1) is 6.58 Å². The standard InChI is InChI=1S/C40H55N3O7.C38H53N3O7.C34H45N3O7/c1-11-13-14-15-26-27-18-24(27)19-32(26)48-34(44)21-28(39(4,5)6)37(45)43-22-33(23(3)35(43)38(46)50-40(7,8)9)49-36-29(12-2)41-30-17-16-25(47-10)20-31(30)42-36;1-21-31-20-41(33(21)36(44)48-38(5,6)7)35(43)26(37(2,3)4)19-32(42)46-30-17-22-16-25(22)24(30)12-10-9-11-13-28-34(47-31)40-29-18-23(45-8)14-15-27(29)39-28;1-18-28-17-37(30(18)33(40)41)32(39)23(34(2,3)4)16-29(38)43-27-14-19-13-22(19)21(27)9-7-6-8-10-25-31(44-28)36-26-15-20(42-5)11-12-24(26)35-25/h11-12,16-17,20,23-24,26-28,32-33,35H,1-2,13-15,18-19,21-22H2,3-10H3;14-15,18,21-22,24-26,30-31,33H,9-13,16-17,19-20H2,1-8H3;11-12,15,18-19,21-23,27-28,30H,6-10,13-14,16-17H2,1-5H3,(H,40,41)/t23-,24-,26+,27-,28-,32+,33+,35+;21-,22+,24-,25+,26-,30-,31+,33+;18-,19+,21-,22+,23-,27-,28+,30+/m111/s1. The van der Waals surface area contributed by atoms with Gasteiger partial charge >= 0.3 is 35.8 Å². The molecule has 142 heavy (non-hydrogen) atoms. The zero-order chi connectivity index (χ0) is 102. The fourth-order valence-corrected chi connectivity index (χ4v) is 23.7. The van der Waals surface area contributed by atoms with Crippen LogP contribution in [0, 0.1) is 105 Å².